The van der Waals surface area contributed by atoms with E-state index in [1.165, 1.54) is 0 Å². The molecule has 1 heterocycles. The smallest absolute Gasteiger partial charge is 0.326 e. The van der Waals surface area contributed by atoms with Gasteiger partial charge in [0.2, 0.25) is 5.91 Å². The molecule has 0 aliphatic heterocycles. The molecule has 5 heteroatoms. The number of hydrogen-bond donors (Lipinski definition) is 2. The molecule has 0 aliphatic carbocycles. The lowest BCUT2D eigenvalue weighted by Gasteiger charge is -2.13. The number of aliphatic carboxylic acids is 1. The van der Waals surface area contributed by atoms with E-state index in [2.05, 4.69) is 5.32 Å². The summed E-state index contributed by atoms with van der Waals surface area (Å²) in [5.74, 6) is -1.16. The summed E-state index contributed by atoms with van der Waals surface area (Å²) < 4.78 is 0. The highest BCUT2D eigenvalue weighted by Crippen LogP contribution is 2.10. The SMILES string of the molecule is CCCC(NC(=O)CCc1cccs1)C(=O)O. The van der Waals surface area contributed by atoms with Crippen LogP contribution in [0.25, 0.3) is 0 Å². The molecule has 17 heavy (non-hydrogen) atoms. The third-order valence-electron chi connectivity index (χ3n) is 2.39. The van der Waals surface area contributed by atoms with Crippen LogP contribution in [-0.2, 0) is 16.0 Å². The fourth-order valence-corrected chi connectivity index (χ4v) is 2.21. The second kappa shape index (κ2) is 7.06. The van der Waals surface area contributed by atoms with Crippen molar-refractivity contribution >= 4 is 23.2 Å². The van der Waals surface area contributed by atoms with Crippen LogP contribution in [0.3, 0.4) is 0 Å². The quantitative estimate of drug-likeness (QED) is 0.783. The maximum absolute atomic E-state index is 11.6. The van der Waals surface area contributed by atoms with Crippen molar-refractivity contribution in [2.45, 2.75) is 38.6 Å². The van der Waals surface area contributed by atoms with Crippen LogP contribution in [0.2, 0.25) is 0 Å². The summed E-state index contributed by atoms with van der Waals surface area (Å²) in [6.45, 7) is 1.90. The van der Waals surface area contributed by atoms with Crippen LogP contribution in [0.5, 0.6) is 0 Å². The molecule has 0 saturated heterocycles. The number of carboxylic acid groups (broad SMARTS) is 1. The van der Waals surface area contributed by atoms with Gasteiger partial charge in [-0.3, -0.25) is 4.79 Å². The highest BCUT2D eigenvalue weighted by molar-refractivity contribution is 7.09. The van der Waals surface area contributed by atoms with Gasteiger partial charge in [0.1, 0.15) is 6.04 Å². The Morgan fingerprint density at radius 3 is 2.82 bits per heavy atom. The number of carboxylic acids is 1. The summed E-state index contributed by atoms with van der Waals surface area (Å²) in [5.41, 5.74) is 0. The fraction of sp³-hybridized carbons (Fsp3) is 0.500. The molecule has 94 valence electrons. The zero-order valence-electron chi connectivity index (χ0n) is 9.81. The van der Waals surface area contributed by atoms with Crippen molar-refractivity contribution in [3.63, 3.8) is 0 Å². The van der Waals surface area contributed by atoms with E-state index < -0.39 is 12.0 Å². The Bertz CT molecular complexity index is 362. The van der Waals surface area contributed by atoms with Gasteiger partial charge < -0.3 is 10.4 Å². The van der Waals surface area contributed by atoms with Gasteiger partial charge in [0.25, 0.3) is 0 Å². The molecule has 0 fully saturated rings. The van der Waals surface area contributed by atoms with Crippen molar-refractivity contribution in [2.75, 3.05) is 0 Å². The predicted octanol–water partition coefficient (Wildman–Crippen LogP) is 2.05. The zero-order valence-corrected chi connectivity index (χ0v) is 10.6. The van der Waals surface area contributed by atoms with Crippen molar-refractivity contribution in [1.82, 2.24) is 5.32 Å². The van der Waals surface area contributed by atoms with Crippen LogP contribution in [0.4, 0.5) is 0 Å². The Morgan fingerprint density at radius 1 is 1.53 bits per heavy atom. The van der Waals surface area contributed by atoms with Crippen LogP contribution >= 0.6 is 11.3 Å². The third-order valence-corrected chi connectivity index (χ3v) is 3.33. The van der Waals surface area contributed by atoms with Gasteiger partial charge >= 0.3 is 5.97 Å². The fourth-order valence-electron chi connectivity index (χ4n) is 1.50. The molecule has 2 N–H and O–H groups in total. The van der Waals surface area contributed by atoms with Crippen LogP contribution in [0, 0.1) is 0 Å². The molecule has 0 bridgehead atoms. The number of rotatable bonds is 7. The predicted molar refractivity (Wildman–Crippen MR) is 67.1 cm³/mol. The first-order valence-electron chi connectivity index (χ1n) is 5.68. The van der Waals surface area contributed by atoms with Gasteiger partial charge in [0, 0.05) is 11.3 Å². The minimum atomic E-state index is -0.962. The molecule has 0 spiro atoms. The molecule has 1 aromatic heterocycles. The van der Waals surface area contributed by atoms with Crippen molar-refractivity contribution in [3.05, 3.63) is 22.4 Å². The van der Waals surface area contributed by atoms with Crippen LogP contribution in [0.15, 0.2) is 17.5 Å². The Hall–Kier alpha value is -1.36. The first kappa shape index (κ1) is 13.7. The van der Waals surface area contributed by atoms with E-state index in [-0.39, 0.29) is 5.91 Å². The van der Waals surface area contributed by atoms with Gasteiger partial charge in [0.05, 0.1) is 0 Å². The third kappa shape index (κ3) is 4.99. The maximum Gasteiger partial charge on any atom is 0.326 e. The molecule has 1 unspecified atom stereocenters. The van der Waals surface area contributed by atoms with Gasteiger partial charge in [0.15, 0.2) is 0 Å². The largest absolute Gasteiger partial charge is 0.480 e. The topological polar surface area (TPSA) is 66.4 Å². The summed E-state index contributed by atoms with van der Waals surface area (Å²) in [5, 5.41) is 13.4. The lowest BCUT2D eigenvalue weighted by Crippen LogP contribution is -2.40. The number of amides is 1. The standard InChI is InChI=1S/C12H17NO3S/c1-2-4-10(12(15)16)13-11(14)7-6-9-5-3-8-17-9/h3,5,8,10H,2,4,6-7H2,1H3,(H,13,14)(H,15,16). The van der Waals surface area contributed by atoms with Gasteiger partial charge in [-0.15, -0.1) is 11.3 Å². The number of nitrogens with one attached hydrogen (secondary N) is 1. The number of hydrogen-bond acceptors (Lipinski definition) is 3. The molecule has 0 saturated carbocycles. The van der Waals surface area contributed by atoms with E-state index in [0.29, 0.717) is 19.3 Å². The number of thiophene rings is 1. The molecule has 1 atom stereocenters. The number of carbonyl (C=O) groups excluding carboxylic acids is 1. The lowest BCUT2D eigenvalue weighted by molar-refractivity contribution is -0.142. The van der Waals surface area contributed by atoms with E-state index in [1.807, 2.05) is 24.4 Å². The van der Waals surface area contributed by atoms with Gasteiger partial charge in [-0.2, -0.15) is 0 Å². The molecule has 0 aromatic carbocycles. The first-order chi connectivity index (χ1) is 8.13. The van der Waals surface area contributed by atoms with Gasteiger partial charge in [-0.05, 0) is 24.3 Å². The second-order valence-corrected chi connectivity index (χ2v) is 4.86. The van der Waals surface area contributed by atoms with Gasteiger partial charge in [-0.25, -0.2) is 4.79 Å². The van der Waals surface area contributed by atoms with E-state index in [9.17, 15) is 9.59 Å². The Kier molecular flexibility index (Phi) is 5.69. The molecule has 4 nitrogen and oxygen atoms in total. The summed E-state index contributed by atoms with van der Waals surface area (Å²) >= 11 is 1.60. The summed E-state index contributed by atoms with van der Waals surface area (Å²) in [4.78, 5) is 23.5. The molecular weight excluding hydrogens is 238 g/mol. The molecule has 1 amide bonds. The molecular formula is C12H17NO3S. The summed E-state index contributed by atoms with van der Waals surface area (Å²) in [7, 11) is 0. The van der Waals surface area contributed by atoms with Crippen molar-refractivity contribution in [2.24, 2.45) is 0 Å². The van der Waals surface area contributed by atoms with Crippen molar-refractivity contribution in [1.29, 1.82) is 0 Å². The molecule has 0 aliphatic rings. The molecule has 0 radical (unpaired) electrons. The number of aryl methyl sites for hydroxylation is 1. The van der Waals surface area contributed by atoms with E-state index >= 15 is 0 Å². The summed E-state index contributed by atoms with van der Waals surface area (Å²) in [6.07, 6.45) is 2.22. The van der Waals surface area contributed by atoms with Crippen LogP contribution in [0.1, 0.15) is 31.1 Å². The highest BCUT2D eigenvalue weighted by Gasteiger charge is 2.18. The van der Waals surface area contributed by atoms with Crippen LogP contribution < -0.4 is 5.32 Å². The summed E-state index contributed by atoms with van der Waals surface area (Å²) in [6, 6.07) is 3.16. The normalized spacial score (nSPS) is 12.1. The Balaban J connectivity index is 2.34. The van der Waals surface area contributed by atoms with Crippen LogP contribution in [-0.4, -0.2) is 23.0 Å². The average Bonchev–Trinajstić information content (AvgIpc) is 2.78. The monoisotopic (exact) mass is 255 g/mol. The van der Waals surface area contributed by atoms with E-state index in [1.54, 1.807) is 11.3 Å². The number of carbonyl (C=O) groups is 2. The zero-order chi connectivity index (χ0) is 12.7. The van der Waals surface area contributed by atoms with Crippen molar-refractivity contribution in [3.8, 4) is 0 Å². The highest BCUT2D eigenvalue weighted by atomic mass is 32.1. The Labute approximate surface area is 105 Å². The van der Waals surface area contributed by atoms with E-state index in [4.69, 9.17) is 5.11 Å². The van der Waals surface area contributed by atoms with E-state index in [0.717, 1.165) is 11.3 Å². The van der Waals surface area contributed by atoms with Gasteiger partial charge in [-0.1, -0.05) is 19.4 Å². The second-order valence-electron chi connectivity index (χ2n) is 3.83. The Morgan fingerprint density at radius 2 is 2.29 bits per heavy atom. The minimum Gasteiger partial charge on any atom is -0.480 e. The first-order valence-corrected chi connectivity index (χ1v) is 6.56. The molecule has 1 rings (SSSR count). The average molecular weight is 255 g/mol. The maximum atomic E-state index is 11.6. The van der Waals surface area contributed by atoms with Crippen molar-refractivity contribution < 1.29 is 14.7 Å². The molecule has 1 aromatic rings. The lowest BCUT2D eigenvalue weighted by atomic mass is 10.1. The minimum absolute atomic E-state index is 0.195.